The number of rotatable bonds is 5. The molecule has 1 aliphatic heterocycles. The first kappa shape index (κ1) is 19.2. The minimum Gasteiger partial charge on any atom is -0.405 e. The van der Waals surface area contributed by atoms with Crippen LogP contribution < -0.4 is 0 Å². The summed E-state index contributed by atoms with van der Waals surface area (Å²) in [6.45, 7) is 11.1. The van der Waals surface area contributed by atoms with Crippen molar-refractivity contribution in [2.45, 2.75) is 72.1 Å². The summed E-state index contributed by atoms with van der Waals surface area (Å²) in [6, 6.07) is 4.10. The highest BCUT2D eigenvalue weighted by molar-refractivity contribution is 6.45. The molecule has 1 heterocycles. The molecule has 1 aromatic rings. The van der Waals surface area contributed by atoms with Crippen LogP contribution in [-0.4, -0.2) is 31.7 Å². The van der Waals surface area contributed by atoms with Crippen molar-refractivity contribution in [3.05, 3.63) is 34.4 Å². The van der Waals surface area contributed by atoms with Crippen LogP contribution in [0.25, 0.3) is 0 Å². The van der Waals surface area contributed by atoms with E-state index in [9.17, 15) is 4.79 Å². The molecule has 27 heavy (non-hydrogen) atoms. The van der Waals surface area contributed by atoms with Crippen molar-refractivity contribution in [2.75, 3.05) is 7.11 Å². The van der Waals surface area contributed by atoms with Crippen LogP contribution in [0.2, 0.25) is 0 Å². The zero-order valence-electron chi connectivity index (χ0n) is 17.4. The van der Waals surface area contributed by atoms with Gasteiger partial charge in [0.1, 0.15) is 0 Å². The number of ether oxygens (including phenoxy) is 1. The van der Waals surface area contributed by atoms with Crippen molar-refractivity contribution in [3.63, 3.8) is 0 Å². The summed E-state index contributed by atoms with van der Waals surface area (Å²) in [5.74, 6) is 1.40. The van der Waals surface area contributed by atoms with Crippen LogP contribution in [-0.2, 0) is 27.0 Å². The first-order valence-electron chi connectivity index (χ1n) is 10.1. The first-order chi connectivity index (χ1) is 12.7. The lowest BCUT2D eigenvalue weighted by Crippen LogP contribution is -2.65. The number of Topliss-reactive ketones (excluding diaryl/α,β-unsaturated/α-hetero) is 1. The Hall–Kier alpha value is -1.17. The van der Waals surface area contributed by atoms with Crippen molar-refractivity contribution < 1.29 is 18.8 Å². The van der Waals surface area contributed by atoms with Crippen LogP contribution in [0.1, 0.15) is 67.6 Å². The number of methoxy groups -OCH3 is 1. The second kappa shape index (κ2) is 6.43. The molecule has 1 saturated heterocycles. The summed E-state index contributed by atoms with van der Waals surface area (Å²) in [7, 11) is 1.42. The number of hydrogen-bond donors (Lipinski definition) is 0. The van der Waals surface area contributed by atoms with Gasteiger partial charge in [-0.1, -0.05) is 26.0 Å². The Balaban J connectivity index is 1.56. The molecule has 5 rings (SSSR count). The molecule has 1 aromatic carbocycles. The second-order valence-corrected chi connectivity index (χ2v) is 9.48. The summed E-state index contributed by atoms with van der Waals surface area (Å²) in [6.07, 6.45) is 3.24. The zero-order chi connectivity index (χ0) is 19.6. The van der Waals surface area contributed by atoms with Crippen LogP contribution >= 0.6 is 0 Å². The molecule has 3 saturated carbocycles. The number of carbonyl (C=O) groups is 1. The predicted octanol–water partition coefficient (Wildman–Crippen LogP) is 4.15. The van der Waals surface area contributed by atoms with E-state index >= 15 is 0 Å². The van der Waals surface area contributed by atoms with E-state index in [0.717, 1.165) is 34.6 Å². The van der Waals surface area contributed by atoms with Gasteiger partial charge in [-0.15, -0.1) is 0 Å². The standard InChI is InChI=1S/C22H31BO4/c1-13-15(7-8-16(12-25-6)20(13)14(2)24)11-23-26-19-10-17-9-18(21(17,3)4)22(19,5)27-23/h7-8,17-19H,9-12H2,1-6H3/t17?,18?,19?,22-/m0/s1. The molecular formula is C22H31BO4. The van der Waals surface area contributed by atoms with Gasteiger partial charge in [0.2, 0.25) is 0 Å². The van der Waals surface area contributed by atoms with Gasteiger partial charge in [0.25, 0.3) is 0 Å². The van der Waals surface area contributed by atoms with E-state index in [0.29, 0.717) is 24.3 Å². The molecule has 3 unspecified atom stereocenters. The fourth-order valence-corrected chi connectivity index (χ4v) is 6.02. The van der Waals surface area contributed by atoms with E-state index in [-0.39, 0.29) is 24.6 Å². The minimum atomic E-state index is -0.234. The van der Waals surface area contributed by atoms with E-state index in [4.69, 9.17) is 14.0 Å². The number of benzene rings is 1. The maximum atomic E-state index is 12.2. The van der Waals surface area contributed by atoms with Crippen LogP contribution in [0.15, 0.2) is 12.1 Å². The third kappa shape index (κ3) is 2.81. The summed E-state index contributed by atoms with van der Waals surface area (Å²) in [5.41, 5.74) is 4.04. The van der Waals surface area contributed by atoms with Crippen LogP contribution in [0.5, 0.6) is 0 Å². The Kier molecular flexibility index (Phi) is 4.57. The molecule has 2 bridgehead atoms. The van der Waals surface area contributed by atoms with Gasteiger partial charge in [0.05, 0.1) is 18.3 Å². The van der Waals surface area contributed by atoms with Gasteiger partial charge >= 0.3 is 7.12 Å². The molecule has 4 nitrogen and oxygen atoms in total. The average Bonchev–Trinajstić information content (AvgIpc) is 2.92. The molecular weight excluding hydrogens is 339 g/mol. The molecule has 3 aliphatic carbocycles. The Labute approximate surface area is 163 Å². The molecule has 4 fully saturated rings. The highest BCUT2D eigenvalue weighted by Crippen LogP contribution is 2.65. The van der Waals surface area contributed by atoms with Crippen LogP contribution in [0.4, 0.5) is 0 Å². The van der Waals surface area contributed by atoms with Gasteiger partial charge in [-0.3, -0.25) is 4.79 Å². The number of carbonyl (C=O) groups excluding carboxylic acids is 1. The first-order valence-corrected chi connectivity index (χ1v) is 10.1. The van der Waals surface area contributed by atoms with Gasteiger partial charge in [-0.05, 0) is 67.6 Å². The second-order valence-electron chi connectivity index (χ2n) is 9.48. The van der Waals surface area contributed by atoms with Crippen molar-refractivity contribution in [2.24, 2.45) is 17.3 Å². The SMILES string of the molecule is COCc1ccc(CB2OC3CC4CC(C4(C)C)[C@]3(C)O2)c(C)c1C(C)=O. The lowest BCUT2D eigenvalue weighted by Gasteiger charge is -2.64. The molecule has 5 heteroatoms. The zero-order valence-corrected chi connectivity index (χ0v) is 17.4. The maximum absolute atomic E-state index is 12.2. The van der Waals surface area contributed by atoms with Gasteiger partial charge in [-0.25, -0.2) is 0 Å². The normalized spacial score (nSPS) is 33.6. The topological polar surface area (TPSA) is 44.8 Å². The van der Waals surface area contributed by atoms with Crippen molar-refractivity contribution in [1.82, 2.24) is 0 Å². The summed E-state index contributed by atoms with van der Waals surface area (Å²) in [5, 5.41) is 0. The number of ketones is 1. The molecule has 146 valence electrons. The quantitative estimate of drug-likeness (QED) is 0.577. The van der Waals surface area contributed by atoms with E-state index in [2.05, 4.69) is 26.8 Å². The van der Waals surface area contributed by atoms with Gasteiger partial charge < -0.3 is 14.0 Å². The fourth-order valence-electron chi connectivity index (χ4n) is 6.02. The van der Waals surface area contributed by atoms with E-state index in [1.807, 2.05) is 13.0 Å². The van der Waals surface area contributed by atoms with Crippen LogP contribution in [0, 0.1) is 24.2 Å². The highest BCUT2D eigenvalue weighted by atomic mass is 16.7. The smallest absolute Gasteiger partial charge is 0.405 e. The Morgan fingerprint density at radius 2 is 1.96 bits per heavy atom. The Morgan fingerprint density at radius 1 is 1.26 bits per heavy atom. The Morgan fingerprint density at radius 3 is 2.59 bits per heavy atom. The predicted molar refractivity (Wildman–Crippen MR) is 106 cm³/mol. The molecule has 0 spiro atoms. The largest absolute Gasteiger partial charge is 0.462 e. The van der Waals surface area contributed by atoms with Crippen molar-refractivity contribution in [3.8, 4) is 0 Å². The molecule has 0 amide bonds. The van der Waals surface area contributed by atoms with E-state index in [1.54, 1.807) is 14.0 Å². The summed E-state index contributed by atoms with van der Waals surface area (Å²) < 4.78 is 18.2. The lowest BCUT2D eigenvalue weighted by molar-refractivity contribution is -0.199. The van der Waals surface area contributed by atoms with Crippen LogP contribution in [0.3, 0.4) is 0 Å². The maximum Gasteiger partial charge on any atom is 0.462 e. The van der Waals surface area contributed by atoms with E-state index in [1.165, 1.54) is 6.42 Å². The molecule has 0 aromatic heterocycles. The Bertz CT molecular complexity index is 774. The lowest BCUT2D eigenvalue weighted by atomic mass is 9.43. The third-order valence-corrected chi connectivity index (χ3v) is 7.70. The molecule has 4 aliphatic rings. The van der Waals surface area contributed by atoms with Gasteiger partial charge in [-0.2, -0.15) is 0 Å². The van der Waals surface area contributed by atoms with Gasteiger partial charge in [0, 0.05) is 19.0 Å². The highest BCUT2D eigenvalue weighted by Gasteiger charge is 2.67. The molecule has 0 N–H and O–H groups in total. The molecule has 4 atom stereocenters. The average molecular weight is 370 g/mol. The minimum absolute atomic E-state index is 0.0814. The monoisotopic (exact) mass is 370 g/mol. The summed E-state index contributed by atoms with van der Waals surface area (Å²) >= 11 is 0. The van der Waals surface area contributed by atoms with Crippen molar-refractivity contribution in [1.29, 1.82) is 0 Å². The van der Waals surface area contributed by atoms with Gasteiger partial charge in [0.15, 0.2) is 5.78 Å². The van der Waals surface area contributed by atoms with Crippen molar-refractivity contribution >= 4 is 12.9 Å². The van der Waals surface area contributed by atoms with E-state index < -0.39 is 0 Å². The third-order valence-electron chi connectivity index (χ3n) is 7.70. The number of hydrogen-bond acceptors (Lipinski definition) is 4. The summed E-state index contributed by atoms with van der Waals surface area (Å²) in [4.78, 5) is 12.2. The fraction of sp³-hybridized carbons (Fsp3) is 0.682. The molecule has 0 radical (unpaired) electrons.